The summed E-state index contributed by atoms with van der Waals surface area (Å²) in [5.41, 5.74) is -0.631. The van der Waals surface area contributed by atoms with Gasteiger partial charge < -0.3 is 15.2 Å². The van der Waals surface area contributed by atoms with Gasteiger partial charge in [0, 0.05) is 6.92 Å². The largest absolute Gasteiger partial charge is 0.573 e. The van der Waals surface area contributed by atoms with Crippen molar-refractivity contribution in [1.82, 2.24) is 0 Å². The van der Waals surface area contributed by atoms with Gasteiger partial charge >= 0.3 is 12.3 Å². The zero-order valence-corrected chi connectivity index (χ0v) is 9.04. The molecule has 1 amide bonds. The minimum atomic E-state index is -4.93. The Kier molecular flexibility index (Phi) is 3.79. The summed E-state index contributed by atoms with van der Waals surface area (Å²) in [5.74, 6) is -2.66. The molecule has 0 atom stereocenters. The number of halogens is 3. The molecule has 1 aromatic carbocycles. The first-order chi connectivity index (χ1) is 8.19. The molecule has 2 N–H and O–H groups in total. The third kappa shape index (κ3) is 3.96. The average molecular weight is 263 g/mol. The summed E-state index contributed by atoms with van der Waals surface area (Å²) in [6, 6.07) is 2.64. The number of benzene rings is 1. The molecule has 0 spiro atoms. The molecule has 0 unspecified atom stereocenters. The second-order valence-electron chi connectivity index (χ2n) is 3.25. The Balaban J connectivity index is 3.16. The van der Waals surface area contributed by atoms with E-state index in [4.69, 9.17) is 5.11 Å². The zero-order valence-electron chi connectivity index (χ0n) is 9.04. The van der Waals surface area contributed by atoms with Crippen LogP contribution in [-0.2, 0) is 4.79 Å². The van der Waals surface area contributed by atoms with Crippen molar-refractivity contribution in [2.75, 3.05) is 5.32 Å². The highest BCUT2D eigenvalue weighted by Gasteiger charge is 2.32. The van der Waals surface area contributed by atoms with Crippen LogP contribution in [-0.4, -0.2) is 23.3 Å². The van der Waals surface area contributed by atoms with E-state index in [1.807, 2.05) is 0 Å². The predicted molar refractivity (Wildman–Crippen MR) is 54.4 cm³/mol. The van der Waals surface area contributed by atoms with Crippen LogP contribution in [0.3, 0.4) is 0 Å². The van der Waals surface area contributed by atoms with Crippen LogP contribution in [0.1, 0.15) is 17.3 Å². The first-order valence-corrected chi connectivity index (χ1v) is 4.60. The standard InChI is InChI=1S/C10H8F3NO4/c1-5(15)14-7-4-6(9(16)17)2-3-8(7)18-10(11,12)13/h2-4H,1H3,(H,14,15)(H,16,17). The molecule has 0 aliphatic heterocycles. The fourth-order valence-electron chi connectivity index (χ4n) is 1.16. The minimum Gasteiger partial charge on any atom is -0.478 e. The van der Waals surface area contributed by atoms with Crippen LogP contribution < -0.4 is 10.1 Å². The molecule has 1 aromatic rings. The molecule has 0 aliphatic carbocycles. The minimum absolute atomic E-state index is 0.270. The van der Waals surface area contributed by atoms with Gasteiger partial charge in [0.15, 0.2) is 5.75 Å². The van der Waals surface area contributed by atoms with Gasteiger partial charge in [-0.15, -0.1) is 13.2 Å². The van der Waals surface area contributed by atoms with Gasteiger partial charge in [0.05, 0.1) is 11.3 Å². The van der Waals surface area contributed by atoms with E-state index in [9.17, 15) is 22.8 Å². The summed E-state index contributed by atoms with van der Waals surface area (Å²) in [4.78, 5) is 21.5. The normalized spacial score (nSPS) is 10.9. The van der Waals surface area contributed by atoms with Gasteiger partial charge in [-0.25, -0.2) is 4.79 Å². The Hall–Kier alpha value is -2.25. The molecule has 0 radical (unpaired) electrons. The molecule has 0 aromatic heterocycles. The number of hydrogen-bond acceptors (Lipinski definition) is 3. The molecule has 18 heavy (non-hydrogen) atoms. The lowest BCUT2D eigenvalue weighted by molar-refractivity contribution is -0.274. The Morgan fingerprint density at radius 2 is 1.94 bits per heavy atom. The summed E-state index contributed by atoms with van der Waals surface area (Å²) in [6.07, 6.45) is -4.93. The van der Waals surface area contributed by atoms with Crippen molar-refractivity contribution in [2.45, 2.75) is 13.3 Å². The average Bonchev–Trinajstić information content (AvgIpc) is 2.17. The number of aromatic carboxylic acids is 1. The molecule has 0 aliphatic rings. The number of carbonyl (C=O) groups is 2. The number of anilines is 1. The predicted octanol–water partition coefficient (Wildman–Crippen LogP) is 2.24. The fraction of sp³-hybridized carbons (Fsp3) is 0.200. The summed E-state index contributed by atoms with van der Waals surface area (Å²) in [6.45, 7) is 1.07. The van der Waals surface area contributed by atoms with Crippen molar-refractivity contribution < 1.29 is 32.6 Å². The van der Waals surface area contributed by atoms with E-state index in [1.165, 1.54) is 0 Å². The number of amides is 1. The van der Waals surface area contributed by atoms with Crippen molar-refractivity contribution in [1.29, 1.82) is 0 Å². The van der Waals surface area contributed by atoms with Crippen molar-refractivity contribution in [3.8, 4) is 5.75 Å². The third-order valence-corrected chi connectivity index (χ3v) is 1.76. The molecule has 0 saturated carbocycles. The molecule has 0 fully saturated rings. The van der Waals surface area contributed by atoms with Gasteiger partial charge in [-0.3, -0.25) is 4.79 Å². The summed E-state index contributed by atoms with van der Waals surface area (Å²) >= 11 is 0. The van der Waals surface area contributed by atoms with E-state index in [2.05, 4.69) is 10.1 Å². The Labute approximate surface area is 99.2 Å². The molecule has 0 heterocycles. The Morgan fingerprint density at radius 1 is 1.33 bits per heavy atom. The maximum atomic E-state index is 12.1. The highest BCUT2D eigenvalue weighted by molar-refractivity contribution is 5.94. The van der Waals surface area contributed by atoms with Crippen molar-refractivity contribution in [2.24, 2.45) is 0 Å². The zero-order chi connectivity index (χ0) is 13.9. The first-order valence-electron chi connectivity index (χ1n) is 4.60. The number of carboxylic acids is 1. The number of nitrogens with one attached hydrogen (secondary N) is 1. The van der Waals surface area contributed by atoms with Gasteiger partial charge in [0.1, 0.15) is 0 Å². The molecule has 1 rings (SSSR count). The van der Waals surface area contributed by atoms with Gasteiger partial charge in [0.25, 0.3) is 0 Å². The van der Waals surface area contributed by atoms with Crippen LogP contribution in [0.2, 0.25) is 0 Å². The molecular weight excluding hydrogens is 255 g/mol. The van der Waals surface area contributed by atoms with Crippen LogP contribution in [0, 0.1) is 0 Å². The second-order valence-corrected chi connectivity index (χ2v) is 3.25. The van der Waals surface area contributed by atoms with Crippen LogP contribution >= 0.6 is 0 Å². The van der Waals surface area contributed by atoms with E-state index in [0.717, 1.165) is 25.1 Å². The van der Waals surface area contributed by atoms with E-state index in [0.29, 0.717) is 0 Å². The lowest BCUT2D eigenvalue weighted by Gasteiger charge is -2.13. The SMILES string of the molecule is CC(=O)Nc1cc(C(=O)O)ccc1OC(F)(F)F. The molecule has 98 valence electrons. The molecule has 8 heteroatoms. The molecular formula is C10H8F3NO4. The van der Waals surface area contributed by atoms with Gasteiger partial charge in [0.2, 0.25) is 5.91 Å². The highest BCUT2D eigenvalue weighted by atomic mass is 19.4. The van der Waals surface area contributed by atoms with Crippen molar-refractivity contribution in [3.05, 3.63) is 23.8 Å². The maximum Gasteiger partial charge on any atom is 0.573 e. The van der Waals surface area contributed by atoms with Crippen LogP contribution in [0.15, 0.2) is 18.2 Å². The number of alkyl halides is 3. The lowest BCUT2D eigenvalue weighted by Crippen LogP contribution is -2.19. The monoisotopic (exact) mass is 263 g/mol. The van der Waals surface area contributed by atoms with Gasteiger partial charge in [-0.2, -0.15) is 0 Å². The molecule has 0 bridgehead atoms. The van der Waals surface area contributed by atoms with Crippen LogP contribution in [0.4, 0.5) is 18.9 Å². The number of carboxylic acid groups (broad SMARTS) is 1. The van der Waals surface area contributed by atoms with E-state index >= 15 is 0 Å². The quantitative estimate of drug-likeness (QED) is 0.876. The first kappa shape index (κ1) is 13.8. The third-order valence-electron chi connectivity index (χ3n) is 1.76. The summed E-state index contributed by atoms with van der Waals surface area (Å²) in [7, 11) is 0. The van der Waals surface area contributed by atoms with Gasteiger partial charge in [-0.05, 0) is 18.2 Å². The smallest absolute Gasteiger partial charge is 0.478 e. The van der Waals surface area contributed by atoms with Crippen LogP contribution in [0.5, 0.6) is 5.75 Å². The number of ether oxygens (including phenoxy) is 1. The Bertz CT molecular complexity index is 485. The topological polar surface area (TPSA) is 75.6 Å². The molecule has 0 saturated heterocycles. The van der Waals surface area contributed by atoms with Crippen LogP contribution in [0.25, 0.3) is 0 Å². The van der Waals surface area contributed by atoms with E-state index in [1.54, 1.807) is 0 Å². The fourth-order valence-corrected chi connectivity index (χ4v) is 1.16. The van der Waals surface area contributed by atoms with Gasteiger partial charge in [-0.1, -0.05) is 0 Å². The summed E-state index contributed by atoms with van der Waals surface area (Å²) < 4.78 is 39.9. The van der Waals surface area contributed by atoms with Crippen molar-refractivity contribution >= 4 is 17.6 Å². The summed E-state index contributed by atoms with van der Waals surface area (Å²) in [5, 5.41) is 10.8. The van der Waals surface area contributed by atoms with E-state index < -0.39 is 24.0 Å². The Morgan fingerprint density at radius 3 is 2.39 bits per heavy atom. The number of rotatable bonds is 3. The lowest BCUT2D eigenvalue weighted by atomic mass is 10.2. The molecule has 5 nitrogen and oxygen atoms in total. The number of carbonyl (C=O) groups excluding carboxylic acids is 1. The van der Waals surface area contributed by atoms with E-state index in [-0.39, 0.29) is 11.3 Å². The second kappa shape index (κ2) is 4.94. The maximum absolute atomic E-state index is 12.1. The highest BCUT2D eigenvalue weighted by Crippen LogP contribution is 2.31. The van der Waals surface area contributed by atoms with Crippen molar-refractivity contribution in [3.63, 3.8) is 0 Å². The number of hydrogen-bond donors (Lipinski definition) is 2.